The summed E-state index contributed by atoms with van der Waals surface area (Å²) in [7, 11) is 0. The number of ether oxygens (including phenoxy) is 2. The number of hydrogen-bond acceptors (Lipinski definition) is 4. The zero-order valence-electron chi connectivity index (χ0n) is 15.1. The average Bonchev–Trinajstić information content (AvgIpc) is 2.68. The van der Waals surface area contributed by atoms with Crippen LogP contribution >= 0.6 is 0 Å². The molecule has 0 fully saturated rings. The molecule has 1 N–H and O–H groups in total. The maximum absolute atomic E-state index is 13.1. The van der Waals surface area contributed by atoms with E-state index in [1.165, 1.54) is 18.2 Å². The Bertz CT molecular complexity index is 986. The van der Waals surface area contributed by atoms with Gasteiger partial charge in [-0.3, -0.25) is 4.79 Å². The maximum Gasteiger partial charge on any atom is 0.349 e. The summed E-state index contributed by atoms with van der Waals surface area (Å²) in [5.41, 5.74) is 2.13. The van der Waals surface area contributed by atoms with Crippen LogP contribution in [0.4, 0.5) is 10.1 Å². The molecule has 1 amide bonds. The van der Waals surface area contributed by atoms with Crippen LogP contribution in [-0.2, 0) is 4.79 Å². The molecule has 0 heterocycles. The minimum absolute atomic E-state index is 0.225. The molecule has 3 aromatic rings. The highest BCUT2D eigenvalue weighted by Crippen LogP contribution is 2.17. The van der Waals surface area contributed by atoms with Crippen molar-refractivity contribution in [3.05, 3.63) is 89.7 Å². The number of rotatable bonds is 6. The van der Waals surface area contributed by atoms with Gasteiger partial charge in [0.2, 0.25) is 0 Å². The fourth-order valence-corrected chi connectivity index (χ4v) is 2.46. The molecule has 0 saturated heterocycles. The van der Waals surface area contributed by atoms with Gasteiger partial charge < -0.3 is 14.8 Å². The molecule has 3 rings (SSSR count). The summed E-state index contributed by atoms with van der Waals surface area (Å²) in [5.74, 6) is -0.750. The van der Waals surface area contributed by atoms with Gasteiger partial charge in [0.15, 0.2) is 6.61 Å². The molecule has 0 aliphatic rings. The maximum atomic E-state index is 13.1. The number of hydrogen-bond donors (Lipinski definition) is 1. The average molecular weight is 379 g/mol. The van der Waals surface area contributed by atoms with E-state index in [9.17, 15) is 14.0 Å². The number of nitrogens with one attached hydrogen (secondary N) is 1. The first kappa shape index (κ1) is 19.1. The number of carbonyl (C=O) groups is 2. The molecule has 0 radical (unpaired) electrons. The van der Waals surface area contributed by atoms with E-state index in [2.05, 4.69) is 5.32 Å². The number of carbonyl (C=O) groups excluding carboxylic acids is 2. The lowest BCUT2D eigenvalue weighted by Gasteiger charge is -2.09. The Hall–Kier alpha value is -3.67. The van der Waals surface area contributed by atoms with E-state index in [0.717, 1.165) is 5.56 Å². The monoisotopic (exact) mass is 379 g/mol. The van der Waals surface area contributed by atoms with Gasteiger partial charge in [0.25, 0.3) is 5.91 Å². The lowest BCUT2D eigenvalue weighted by molar-refractivity contribution is -0.136. The first-order chi connectivity index (χ1) is 13.5. The predicted molar refractivity (Wildman–Crippen MR) is 103 cm³/mol. The number of amides is 1. The zero-order chi connectivity index (χ0) is 19.9. The summed E-state index contributed by atoms with van der Waals surface area (Å²) in [6.07, 6.45) is 0. The van der Waals surface area contributed by atoms with E-state index in [1.807, 2.05) is 19.1 Å². The molecule has 0 spiro atoms. The van der Waals surface area contributed by atoms with Gasteiger partial charge in [0.05, 0.1) is 0 Å². The van der Waals surface area contributed by atoms with Crippen molar-refractivity contribution in [2.75, 3.05) is 11.9 Å². The fraction of sp³-hybridized carbons (Fsp3) is 0.0909. The van der Waals surface area contributed by atoms with Crippen molar-refractivity contribution in [2.45, 2.75) is 6.92 Å². The highest BCUT2D eigenvalue weighted by atomic mass is 19.1. The van der Waals surface area contributed by atoms with Crippen molar-refractivity contribution >= 4 is 17.6 Å². The summed E-state index contributed by atoms with van der Waals surface area (Å²) in [4.78, 5) is 24.1. The summed E-state index contributed by atoms with van der Waals surface area (Å²) >= 11 is 0. The van der Waals surface area contributed by atoms with Crippen molar-refractivity contribution in [3.8, 4) is 11.5 Å². The van der Waals surface area contributed by atoms with Gasteiger partial charge in [-0.15, -0.1) is 0 Å². The summed E-state index contributed by atoms with van der Waals surface area (Å²) in [6.45, 7) is 1.56. The topological polar surface area (TPSA) is 64.6 Å². The Morgan fingerprint density at radius 1 is 0.929 bits per heavy atom. The molecular weight excluding hydrogens is 361 g/mol. The van der Waals surface area contributed by atoms with Gasteiger partial charge in [-0.2, -0.15) is 0 Å². The number of aryl methyl sites for hydroxylation is 1. The molecular formula is C22H18FNO4. The number of esters is 1. The van der Waals surface area contributed by atoms with E-state index < -0.39 is 11.8 Å². The molecule has 0 bridgehead atoms. The molecule has 0 atom stereocenters. The molecule has 5 nitrogen and oxygen atoms in total. The lowest BCUT2D eigenvalue weighted by Crippen LogP contribution is -2.17. The fourth-order valence-electron chi connectivity index (χ4n) is 2.46. The second kappa shape index (κ2) is 8.81. The smallest absolute Gasteiger partial charge is 0.349 e. The van der Waals surface area contributed by atoms with Crippen LogP contribution in [-0.4, -0.2) is 18.5 Å². The lowest BCUT2D eigenvalue weighted by atomic mass is 10.1. The van der Waals surface area contributed by atoms with Gasteiger partial charge in [0.1, 0.15) is 17.3 Å². The van der Waals surface area contributed by atoms with E-state index in [4.69, 9.17) is 9.47 Å². The minimum atomic E-state index is -0.624. The standard InChI is InChI=1S/C22H18FNO4/c1-15-4-2-5-16(12-15)22(26)24-18-8-10-19(11-9-18)28-21(25)14-27-20-7-3-6-17(23)13-20/h2-13H,14H2,1H3,(H,24,26). The predicted octanol–water partition coefficient (Wildman–Crippen LogP) is 4.37. The van der Waals surface area contributed by atoms with Gasteiger partial charge in [-0.25, -0.2) is 9.18 Å². The third kappa shape index (κ3) is 5.41. The highest BCUT2D eigenvalue weighted by Gasteiger charge is 2.09. The number of anilines is 1. The molecule has 0 unspecified atom stereocenters. The van der Waals surface area contributed by atoms with Crippen molar-refractivity contribution in [1.29, 1.82) is 0 Å². The second-order valence-corrected chi connectivity index (χ2v) is 6.07. The van der Waals surface area contributed by atoms with Crippen molar-refractivity contribution in [2.24, 2.45) is 0 Å². The van der Waals surface area contributed by atoms with Crippen molar-refractivity contribution in [1.82, 2.24) is 0 Å². The molecule has 6 heteroatoms. The Labute approximate surface area is 161 Å². The molecule has 0 aromatic heterocycles. The quantitative estimate of drug-likeness (QED) is 0.510. The summed E-state index contributed by atoms with van der Waals surface area (Å²) in [5, 5.41) is 2.78. The Morgan fingerprint density at radius 2 is 1.68 bits per heavy atom. The van der Waals surface area contributed by atoms with Crippen LogP contribution in [0, 0.1) is 12.7 Å². The van der Waals surface area contributed by atoms with E-state index in [0.29, 0.717) is 17.0 Å². The van der Waals surface area contributed by atoms with Gasteiger partial charge in [0, 0.05) is 17.3 Å². The van der Waals surface area contributed by atoms with Crippen molar-refractivity contribution in [3.63, 3.8) is 0 Å². The van der Waals surface area contributed by atoms with Crippen LogP contribution in [0.25, 0.3) is 0 Å². The molecule has 28 heavy (non-hydrogen) atoms. The van der Waals surface area contributed by atoms with Gasteiger partial charge in [-0.05, 0) is 55.5 Å². The highest BCUT2D eigenvalue weighted by molar-refractivity contribution is 6.04. The molecule has 3 aromatic carbocycles. The molecule has 0 aliphatic heterocycles. The summed E-state index contributed by atoms with van der Waals surface area (Å²) in [6, 6.07) is 19.1. The second-order valence-electron chi connectivity index (χ2n) is 6.07. The first-order valence-electron chi connectivity index (χ1n) is 8.57. The summed E-state index contributed by atoms with van der Waals surface area (Å²) < 4.78 is 23.4. The van der Waals surface area contributed by atoms with Crippen molar-refractivity contribution < 1.29 is 23.5 Å². The Kier molecular flexibility index (Phi) is 6.01. The van der Waals surface area contributed by atoms with Crippen LogP contribution in [0.3, 0.4) is 0 Å². The normalized spacial score (nSPS) is 10.2. The van der Waals surface area contributed by atoms with Crippen LogP contribution in [0.15, 0.2) is 72.8 Å². The number of halogens is 1. The zero-order valence-corrected chi connectivity index (χ0v) is 15.1. The third-order valence-corrected chi connectivity index (χ3v) is 3.78. The molecule has 142 valence electrons. The molecule has 0 aliphatic carbocycles. The Balaban J connectivity index is 1.52. The largest absolute Gasteiger partial charge is 0.482 e. The third-order valence-electron chi connectivity index (χ3n) is 3.78. The van der Waals surface area contributed by atoms with Crippen LogP contribution in [0.5, 0.6) is 11.5 Å². The van der Waals surface area contributed by atoms with E-state index in [1.54, 1.807) is 42.5 Å². The van der Waals surface area contributed by atoms with Crippen LogP contribution < -0.4 is 14.8 Å². The van der Waals surface area contributed by atoms with Gasteiger partial charge in [-0.1, -0.05) is 23.8 Å². The first-order valence-corrected chi connectivity index (χ1v) is 8.57. The molecule has 0 saturated carbocycles. The van der Waals surface area contributed by atoms with E-state index in [-0.39, 0.29) is 18.3 Å². The van der Waals surface area contributed by atoms with Crippen LogP contribution in [0.2, 0.25) is 0 Å². The van der Waals surface area contributed by atoms with E-state index >= 15 is 0 Å². The van der Waals surface area contributed by atoms with Gasteiger partial charge >= 0.3 is 5.97 Å². The number of benzene rings is 3. The minimum Gasteiger partial charge on any atom is -0.482 e. The Morgan fingerprint density at radius 3 is 2.39 bits per heavy atom. The van der Waals surface area contributed by atoms with Crippen LogP contribution in [0.1, 0.15) is 15.9 Å². The SMILES string of the molecule is Cc1cccc(C(=O)Nc2ccc(OC(=O)COc3cccc(F)c3)cc2)c1.